The van der Waals surface area contributed by atoms with Crippen LogP contribution in [0.5, 0.6) is 0 Å². The maximum Gasteiger partial charge on any atom is 0.319 e. The van der Waals surface area contributed by atoms with E-state index in [1.807, 2.05) is 13.0 Å². The van der Waals surface area contributed by atoms with Gasteiger partial charge in [0, 0.05) is 12.2 Å². The summed E-state index contributed by atoms with van der Waals surface area (Å²) in [5.74, 6) is -1.54. The standard InChI is InChI=1S/C14H17N3O3/c1-3-11(13(18)19)8-16-14(20)17-12-6-10(7-15)5-4-9(12)2/h4-6,11H,3,8H2,1-2H3,(H,18,19)(H2,16,17,20). The molecule has 0 radical (unpaired) electrons. The molecule has 1 rings (SSSR count). The largest absolute Gasteiger partial charge is 0.481 e. The minimum Gasteiger partial charge on any atom is -0.481 e. The molecule has 1 atom stereocenters. The Kier molecular flexibility index (Phi) is 5.54. The van der Waals surface area contributed by atoms with Crippen LogP contribution < -0.4 is 10.6 Å². The van der Waals surface area contributed by atoms with Crippen LogP contribution in [0.25, 0.3) is 0 Å². The molecule has 0 aromatic heterocycles. The van der Waals surface area contributed by atoms with E-state index in [9.17, 15) is 9.59 Å². The fourth-order valence-electron chi connectivity index (χ4n) is 1.61. The molecule has 0 fully saturated rings. The van der Waals surface area contributed by atoms with E-state index < -0.39 is 17.9 Å². The summed E-state index contributed by atoms with van der Waals surface area (Å²) in [5, 5.41) is 22.8. The Hall–Kier alpha value is -2.55. The van der Waals surface area contributed by atoms with Crippen molar-refractivity contribution < 1.29 is 14.7 Å². The second-order valence-corrected chi connectivity index (χ2v) is 4.42. The zero-order valence-electron chi connectivity index (χ0n) is 11.4. The van der Waals surface area contributed by atoms with Crippen LogP contribution in [0.2, 0.25) is 0 Å². The van der Waals surface area contributed by atoms with Gasteiger partial charge in [0.15, 0.2) is 0 Å². The highest BCUT2D eigenvalue weighted by atomic mass is 16.4. The van der Waals surface area contributed by atoms with Gasteiger partial charge in [0.25, 0.3) is 0 Å². The number of aliphatic carboxylic acids is 1. The van der Waals surface area contributed by atoms with Crippen molar-refractivity contribution in [1.29, 1.82) is 5.26 Å². The lowest BCUT2D eigenvalue weighted by atomic mass is 10.1. The first-order chi connectivity index (χ1) is 9.47. The summed E-state index contributed by atoms with van der Waals surface area (Å²) in [5.41, 5.74) is 1.80. The second-order valence-electron chi connectivity index (χ2n) is 4.42. The van der Waals surface area contributed by atoms with Gasteiger partial charge in [-0.25, -0.2) is 4.79 Å². The second kappa shape index (κ2) is 7.14. The Morgan fingerprint density at radius 1 is 1.45 bits per heavy atom. The van der Waals surface area contributed by atoms with Gasteiger partial charge < -0.3 is 15.7 Å². The number of hydrogen-bond acceptors (Lipinski definition) is 3. The molecule has 0 spiro atoms. The SMILES string of the molecule is CCC(CNC(=O)Nc1cc(C#N)ccc1C)C(=O)O. The van der Waals surface area contributed by atoms with E-state index in [1.165, 1.54) is 0 Å². The van der Waals surface area contributed by atoms with Crippen molar-refractivity contribution in [3.8, 4) is 6.07 Å². The van der Waals surface area contributed by atoms with Gasteiger partial charge in [-0.1, -0.05) is 13.0 Å². The Morgan fingerprint density at radius 2 is 2.15 bits per heavy atom. The topological polar surface area (TPSA) is 102 Å². The molecule has 0 aliphatic rings. The molecule has 1 aromatic carbocycles. The van der Waals surface area contributed by atoms with Crippen LogP contribution in [-0.2, 0) is 4.79 Å². The number of aryl methyl sites for hydroxylation is 1. The smallest absolute Gasteiger partial charge is 0.319 e. The maximum atomic E-state index is 11.7. The van der Waals surface area contributed by atoms with Crippen LogP contribution in [-0.4, -0.2) is 23.7 Å². The summed E-state index contributed by atoms with van der Waals surface area (Å²) in [7, 11) is 0. The van der Waals surface area contributed by atoms with Crippen molar-refractivity contribution in [2.24, 2.45) is 5.92 Å². The molecule has 0 heterocycles. The predicted molar refractivity (Wildman–Crippen MR) is 74.3 cm³/mol. The van der Waals surface area contributed by atoms with Crippen molar-refractivity contribution in [1.82, 2.24) is 5.32 Å². The van der Waals surface area contributed by atoms with Crippen molar-refractivity contribution >= 4 is 17.7 Å². The molecule has 6 heteroatoms. The number of carboxylic acids is 1. The molecular weight excluding hydrogens is 258 g/mol. The average molecular weight is 275 g/mol. The summed E-state index contributed by atoms with van der Waals surface area (Å²) in [6.07, 6.45) is 0.443. The Bertz CT molecular complexity index is 549. The van der Waals surface area contributed by atoms with Crippen molar-refractivity contribution in [2.45, 2.75) is 20.3 Å². The van der Waals surface area contributed by atoms with Crippen molar-refractivity contribution in [3.63, 3.8) is 0 Å². The highest BCUT2D eigenvalue weighted by molar-refractivity contribution is 5.90. The van der Waals surface area contributed by atoms with Crippen LogP contribution in [0.3, 0.4) is 0 Å². The van der Waals surface area contributed by atoms with Gasteiger partial charge in [0.2, 0.25) is 0 Å². The third kappa shape index (κ3) is 4.28. The van der Waals surface area contributed by atoms with Gasteiger partial charge in [-0.3, -0.25) is 4.79 Å². The number of amides is 2. The number of rotatable bonds is 5. The summed E-state index contributed by atoms with van der Waals surface area (Å²) in [6, 6.07) is 6.48. The van der Waals surface area contributed by atoms with E-state index in [1.54, 1.807) is 25.1 Å². The lowest BCUT2D eigenvalue weighted by Crippen LogP contribution is -2.35. The number of nitrogens with zero attached hydrogens (tertiary/aromatic N) is 1. The van der Waals surface area contributed by atoms with Crippen LogP contribution >= 0.6 is 0 Å². The molecule has 3 N–H and O–H groups in total. The highest BCUT2D eigenvalue weighted by Gasteiger charge is 2.16. The number of anilines is 1. The molecule has 1 unspecified atom stereocenters. The number of hydrogen-bond donors (Lipinski definition) is 3. The fourth-order valence-corrected chi connectivity index (χ4v) is 1.61. The third-order valence-corrected chi connectivity index (χ3v) is 2.97. The number of carboxylic acid groups (broad SMARTS) is 1. The predicted octanol–water partition coefficient (Wildman–Crippen LogP) is 2.10. The maximum absolute atomic E-state index is 11.7. The van der Waals surface area contributed by atoms with E-state index in [0.29, 0.717) is 17.7 Å². The van der Waals surface area contributed by atoms with Crippen LogP contribution in [0.1, 0.15) is 24.5 Å². The number of carbonyl (C=O) groups excluding carboxylic acids is 1. The van der Waals surface area contributed by atoms with Gasteiger partial charge >= 0.3 is 12.0 Å². The van der Waals surface area contributed by atoms with Gasteiger partial charge in [0.05, 0.1) is 17.6 Å². The van der Waals surface area contributed by atoms with Gasteiger partial charge in [-0.15, -0.1) is 0 Å². The number of benzene rings is 1. The molecule has 20 heavy (non-hydrogen) atoms. The molecule has 6 nitrogen and oxygen atoms in total. The third-order valence-electron chi connectivity index (χ3n) is 2.97. The Morgan fingerprint density at radius 3 is 2.70 bits per heavy atom. The quantitative estimate of drug-likeness (QED) is 0.765. The van der Waals surface area contributed by atoms with Gasteiger partial charge in [-0.2, -0.15) is 5.26 Å². The van der Waals surface area contributed by atoms with E-state index >= 15 is 0 Å². The normalized spacial score (nSPS) is 11.2. The highest BCUT2D eigenvalue weighted by Crippen LogP contribution is 2.16. The van der Waals surface area contributed by atoms with Crippen LogP contribution in [0.15, 0.2) is 18.2 Å². The molecule has 2 amide bonds. The van der Waals surface area contributed by atoms with E-state index in [-0.39, 0.29) is 6.54 Å². The van der Waals surface area contributed by atoms with E-state index in [4.69, 9.17) is 10.4 Å². The van der Waals surface area contributed by atoms with E-state index in [0.717, 1.165) is 5.56 Å². The molecule has 0 aliphatic heterocycles. The van der Waals surface area contributed by atoms with Crippen molar-refractivity contribution in [3.05, 3.63) is 29.3 Å². The first-order valence-electron chi connectivity index (χ1n) is 6.26. The molecule has 0 saturated heterocycles. The van der Waals surface area contributed by atoms with E-state index in [2.05, 4.69) is 10.6 Å². The first kappa shape index (κ1) is 15.5. The lowest BCUT2D eigenvalue weighted by Gasteiger charge is -2.13. The number of nitriles is 1. The van der Waals surface area contributed by atoms with Crippen LogP contribution in [0, 0.1) is 24.2 Å². The molecule has 0 bridgehead atoms. The first-order valence-corrected chi connectivity index (χ1v) is 6.26. The molecule has 106 valence electrons. The zero-order valence-corrected chi connectivity index (χ0v) is 11.4. The van der Waals surface area contributed by atoms with Crippen LogP contribution in [0.4, 0.5) is 10.5 Å². The van der Waals surface area contributed by atoms with Crippen molar-refractivity contribution in [2.75, 3.05) is 11.9 Å². The van der Waals surface area contributed by atoms with Gasteiger partial charge in [-0.05, 0) is 31.0 Å². The Balaban J connectivity index is 2.63. The molecule has 1 aromatic rings. The number of nitrogens with one attached hydrogen (secondary N) is 2. The minimum atomic E-state index is -0.935. The number of urea groups is 1. The lowest BCUT2D eigenvalue weighted by molar-refractivity contribution is -0.141. The summed E-state index contributed by atoms with van der Waals surface area (Å²) >= 11 is 0. The molecular formula is C14H17N3O3. The summed E-state index contributed by atoms with van der Waals surface area (Å²) in [6.45, 7) is 3.62. The number of carbonyl (C=O) groups is 2. The van der Waals surface area contributed by atoms with Gasteiger partial charge in [0.1, 0.15) is 0 Å². The monoisotopic (exact) mass is 275 g/mol. The Labute approximate surface area is 117 Å². The summed E-state index contributed by atoms with van der Waals surface area (Å²) in [4.78, 5) is 22.5. The fraction of sp³-hybridized carbons (Fsp3) is 0.357. The zero-order chi connectivity index (χ0) is 15.1. The average Bonchev–Trinajstić information content (AvgIpc) is 2.41. The summed E-state index contributed by atoms with van der Waals surface area (Å²) < 4.78 is 0. The molecule has 0 saturated carbocycles. The molecule has 0 aliphatic carbocycles. The minimum absolute atomic E-state index is 0.0641.